The topological polar surface area (TPSA) is 9.23 Å². The van der Waals surface area contributed by atoms with E-state index >= 15 is 0 Å². The zero-order chi connectivity index (χ0) is 14.8. The van der Waals surface area contributed by atoms with Crippen molar-refractivity contribution < 1.29 is 17.7 Å². The summed E-state index contributed by atoms with van der Waals surface area (Å²) in [7, 11) is 0. The molecule has 0 saturated heterocycles. The molecule has 0 radical (unpaired) electrons. The first-order valence-corrected chi connectivity index (χ1v) is 6.36. The van der Waals surface area contributed by atoms with Crippen molar-refractivity contribution in [3.8, 4) is 5.75 Å². The second-order valence-corrected chi connectivity index (χ2v) is 4.81. The molecular weight excluding hydrogens is 264 g/mol. The lowest BCUT2D eigenvalue weighted by atomic mass is 9.80. The van der Waals surface area contributed by atoms with Gasteiger partial charge in [0, 0.05) is 0 Å². The molecule has 0 atom stereocenters. The Kier molecular flexibility index (Phi) is 4.07. The van der Waals surface area contributed by atoms with Crippen LogP contribution in [0, 0.1) is 13.8 Å². The molecule has 106 valence electrons. The Balaban J connectivity index is 2.16. The van der Waals surface area contributed by atoms with Crippen LogP contribution in [0.2, 0.25) is 0 Å². The van der Waals surface area contributed by atoms with E-state index in [1.165, 1.54) is 6.07 Å². The zero-order valence-corrected chi connectivity index (χ0v) is 11.4. The normalized spacial score (nSPS) is 11.4. The van der Waals surface area contributed by atoms with Crippen molar-refractivity contribution in [2.24, 2.45) is 0 Å². The molecule has 0 bridgehead atoms. The van der Waals surface area contributed by atoms with Crippen molar-refractivity contribution in [3.63, 3.8) is 0 Å². The Morgan fingerprint density at radius 1 is 0.950 bits per heavy atom. The van der Waals surface area contributed by atoms with E-state index in [1.54, 1.807) is 6.07 Å². The Hall–Kier alpha value is -1.91. The lowest BCUT2D eigenvalue weighted by molar-refractivity contribution is 0.304. The SMILES string of the molecule is Cc1cccc(C)c1COc1cccc([B-](F)(F)F)c1. The number of rotatable bonds is 4. The standard InChI is InChI=1S/C15H15BF3O/c1-11-5-3-6-12(2)15(11)10-20-14-8-4-7-13(9-14)16(17,18)19/h3-9H,10H2,1-2H3/q-1. The minimum absolute atomic E-state index is 0.240. The van der Waals surface area contributed by atoms with Gasteiger partial charge in [-0.2, -0.15) is 0 Å². The highest BCUT2D eigenvalue weighted by Gasteiger charge is 2.25. The first kappa shape index (κ1) is 14.5. The second kappa shape index (κ2) is 5.61. The van der Waals surface area contributed by atoms with Gasteiger partial charge in [-0.05, 0) is 42.7 Å². The number of aryl methyl sites for hydroxylation is 2. The summed E-state index contributed by atoms with van der Waals surface area (Å²) < 4.78 is 43.5. The van der Waals surface area contributed by atoms with E-state index in [2.05, 4.69) is 0 Å². The largest absolute Gasteiger partial charge is 0.509 e. The summed E-state index contributed by atoms with van der Waals surface area (Å²) in [5.74, 6) is 0.240. The summed E-state index contributed by atoms with van der Waals surface area (Å²) in [4.78, 5) is 0. The summed E-state index contributed by atoms with van der Waals surface area (Å²) in [5, 5.41) is 0. The van der Waals surface area contributed by atoms with Crippen molar-refractivity contribution in [2.75, 3.05) is 0 Å². The van der Waals surface area contributed by atoms with Crippen LogP contribution in [0.15, 0.2) is 42.5 Å². The first-order chi connectivity index (χ1) is 9.38. The van der Waals surface area contributed by atoms with Crippen LogP contribution in [0.3, 0.4) is 0 Å². The van der Waals surface area contributed by atoms with E-state index in [-0.39, 0.29) is 12.4 Å². The van der Waals surface area contributed by atoms with Crippen LogP contribution in [0.4, 0.5) is 12.9 Å². The molecule has 20 heavy (non-hydrogen) atoms. The molecule has 1 nitrogen and oxygen atoms in total. The Morgan fingerprint density at radius 2 is 1.55 bits per heavy atom. The molecule has 0 amide bonds. The number of halogens is 3. The van der Waals surface area contributed by atoms with Gasteiger partial charge in [-0.1, -0.05) is 30.3 Å². The number of hydrogen-bond acceptors (Lipinski definition) is 1. The lowest BCUT2D eigenvalue weighted by Gasteiger charge is -2.17. The lowest BCUT2D eigenvalue weighted by Crippen LogP contribution is -2.33. The molecular formula is C15H15BF3O-. The van der Waals surface area contributed by atoms with Crippen molar-refractivity contribution in [1.82, 2.24) is 0 Å². The summed E-state index contributed by atoms with van der Waals surface area (Å²) in [6.45, 7) is -0.802. The molecule has 0 aromatic heterocycles. The highest BCUT2D eigenvalue weighted by Crippen LogP contribution is 2.18. The summed E-state index contributed by atoms with van der Waals surface area (Å²) in [6, 6.07) is 10.9. The molecule has 0 unspecified atom stereocenters. The molecule has 0 aliphatic carbocycles. The third-order valence-corrected chi connectivity index (χ3v) is 3.26. The van der Waals surface area contributed by atoms with Gasteiger partial charge in [0.05, 0.1) is 0 Å². The maximum atomic E-state index is 12.7. The van der Waals surface area contributed by atoms with Gasteiger partial charge >= 0.3 is 6.98 Å². The molecule has 0 aliphatic rings. The predicted octanol–water partition coefficient (Wildman–Crippen LogP) is 3.94. The van der Waals surface area contributed by atoms with Gasteiger partial charge in [0.15, 0.2) is 0 Å². The van der Waals surface area contributed by atoms with Gasteiger partial charge in [0.25, 0.3) is 0 Å². The number of hydrogen-bond donors (Lipinski definition) is 0. The minimum atomic E-state index is -4.99. The van der Waals surface area contributed by atoms with E-state index in [9.17, 15) is 12.9 Å². The van der Waals surface area contributed by atoms with Gasteiger partial charge in [-0.25, -0.2) is 0 Å². The number of benzene rings is 2. The van der Waals surface area contributed by atoms with Gasteiger partial charge in [-0.3, -0.25) is 0 Å². The van der Waals surface area contributed by atoms with Crippen LogP contribution in [0.25, 0.3) is 0 Å². The molecule has 0 N–H and O–H groups in total. The monoisotopic (exact) mass is 279 g/mol. The van der Waals surface area contributed by atoms with E-state index in [4.69, 9.17) is 4.74 Å². The Bertz CT molecular complexity index is 588. The molecule has 2 aromatic carbocycles. The Labute approximate surface area is 116 Å². The minimum Gasteiger partial charge on any atom is -0.489 e. The maximum Gasteiger partial charge on any atom is 0.509 e. The molecule has 0 saturated carbocycles. The average molecular weight is 279 g/mol. The molecule has 0 spiro atoms. The third-order valence-electron chi connectivity index (χ3n) is 3.26. The first-order valence-electron chi connectivity index (χ1n) is 6.36. The molecule has 5 heteroatoms. The third kappa shape index (κ3) is 3.35. The van der Waals surface area contributed by atoms with Crippen LogP contribution in [0.5, 0.6) is 5.75 Å². The van der Waals surface area contributed by atoms with Crippen LogP contribution < -0.4 is 10.2 Å². The van der Waals surface area contributed by atoms with Crippen LogP contribution >= 0.6 is 0 Å². The number of ether oxygens (including phenoxy) is 1. The predicted molar refractivity (Wildman–Crippen MR) is 75.4 cm³/mol. The van der Waals surface area contributed by atoms with Gasteiger partial charge in [-0.15, -0.1) is 5.46 Å². The van der Waals surface area contributed by atoms with Gasteiger partial charge in [0.2, 0.25) is 0 Å². The Morgan fingerprint density at radius 3 is 2.15 bits per heavy atom. The van der Waals surface area contributed by atoms with Crippen molar-refractivity contribution in [3.05, 3.63) is 59.2 Å². The molecule has 0 aliphatic heterocycles. The van der Waals surface area contributed by atoms with E-state index in [0.29, 0.717) is 0 Å². The zero-order valence-electron chi connectivity index (χ0n) is 11.4. The van der Waals surface area contributed by atoms with Crippen LogP contribution in [0.1, 0.15) is 16.7 Å². The summed E-state index contributed by atoms with van der Waals surface area (Å²) >= 11 is 0. The van der Waals surface area contributed by atoms with Gasteiger partial charge < -0.3 is 17.7 Å². The second-order valence-electron chi connectivity index (χ2n) is 4.81. The average Bonchev–Trinajstić information content (AvgIpc) is 2.37. The highest BCUT2D eigenvalue weighted by atomic mass is 19.4. The highest BCUT2D eigenvalue weighted by molar-refractivity contribution is 6.73. The summed E-state index contributed by atoms with van der Waals surface area (Å²) in [5.41, 5.74) is 2.52. The molecule has 2 aromatic rings. The van der Waals surface area contributed by atoms with E-state index in [1.807, 2.05) is 32.0 Å². The smallest absolute Gasteiger partial charge is 0.489 e. The maximum absolute atomic E-state index is 12.7. The molecule has 2 rings (SSSR count). The van der Waals surface area contributed by atoms with E-state index in [0.717, 1.165) is 28.8 Å². The quantitative estimate of drug-likeness (QED) is 0.770. The molecule has 0 heterocycles. The summed E-state index contributed by atoms with van der Waals surface area (Å²) in [6.07, 6.45) is 0. The van der Waals surface area contributed by atoms with Crippen molar-refractivity contribution >= 4 is 12.4 Å². The van der Waals surface area contributed by atoms with Crippen LogP contribution in [-0.2, 0) is 6.61 Å². The molecule has 0 fully saturated rings. The van der Waals surface area contributed by atoms with Crippen LogP contribution in [-0.4, -0.2) is 6.98 Å². The van der Waals surface area contributed by atoms with Crippen molar-refractivity contribution in [2.45, 2.75) is 20.5 Å². The van der Waals surface area contributed by atoms with Crippen molar-refractivity contribution in [1.29, 1.82) is 0 Å². The van der Waals surface area contributed by atoms with E-state index < -0.39 is 12.4 Å². The fourth-order valence-corrected chi connectivity index (χ4v) is 2.04. The fraction of sp³-hybridized carbons (Fsp3) is 0.200. The fourth-order valence-electron chi connectivity index (χ4n) is 2.04. The van der Waals surface area contributed by atoms with Gasteiger partial charge in [0.1, 0.15) is 12.4 Å².